The first-order valence-corrected chi connectivity index (χ1v) is 12.3. The van der Waals surface area contributed by atoms with Gasteiger partial charge in [0.2, 0.25) is 0 Å². The van der Waals surface area contributed by atoms with Gasteiger partial charge in [0.15, 0.2) is 0 Å². The van der Waals surface area contributed by atoms with Gasteiger partial charge in [-0.25, -0.2) is 12.4 Å². The highest BCUT2D eigenvalue weighted by atomic mass is 32.2. The first kappa shape index (κ1) is 21.2. The lowest BCUT2D eigenvalue weighted by Crippen LogP contribution is -2.23. The number of alkyl halides is 3. The Morgan fingerprint density at radius 1 is 1.06 bits per heavy atom. The number of fused-ring (bicyclic) bond motifs is 2. The molecule has 4 aromatic rings. The highest BCUT2D eigenvalue weighted by Gasteiger charge is 2.32. The molecule has 2 aromatic heterocycles. The van der Waals surface area contributed by atoms with Crippen LogP contribution in [0, 0.1) is 0 Å². The molecule has 0 saturated heterocycles. The van der Waals surface area contributed by atoms with Crippen LogP contribution in [0.5, 0.6) is 0 Å². The minimum absolute atomic E-state index is 0.152. The lowest BCUT2D eigenvalue weighted by molar-refractivity contribution is -0.137. The largest absolute Gasteiger partial charge is 0.416 e. The van der Waals surface area contributed by atoms with Gasteiger partial charge in [0.1, 0.15) is 4.90 Å². The zero-order valence-electron chi connectivity index (χ0n) is 17.1. The molecular formula is C23H19F3N2O2S2. The zero-order chi connectivity index (χ0) is 22.7. The minimum Gasteiger partial charge on any atom is -0.302 e. The molecule has 0 amide bonds. The van der Waals surface area contributed by atoms with Crippen LogP contribution in [0.1, 0.15) is 17.5 Å². The van der Waals surface area contributed by atoms with Gasteiger partial charge in [-0.05, 0) is 43.3 Å². The Hall–Kier alpha value is -2.62. The summed E-state index contributed by atoms with van der Waals surface area (Å²) in [6.07, 6.45) is -0.455. The molecule has 0 fully saturated rings. The second kappa shape index (κ2) is 7.47. The van der Waals surface area contributed by atoms with E-state index in [1.807, 2.05) is 25.3 Å². The van der Waals surface area contributed by atoms with E-state index in [4.69, 9.17) is 0 Å². The van der Waals surface area contributed by atoms with Gasteiger partial charge < -0.3 is 4.90 Å². The fourth-order valence-corrected chi connectivity index (χ4v) is 6.95. The third kappa shape index (κ3) is 3.44. The number of likely N-dealkylation sites (N-methyl/N-ethyl adjacent to an activating group) is 1. The van der Waals surface area contributed by atoms with E-state index in [0.29, 0.717) is 29.3 Å². The molecule has 0 atom stereocenters. The molecule has 1 aliphatic rings. The van der Waals surface area contributed by atoms with Crippen LogP contribution in [0.4, 0.5) is 13.2 Å². The minimum atomic E-state index is -4.52. The third-order valence-electron chi connectivity index (χ3n) is 5.84. The number of rotatable bonds is 3. The average molecular weight is 477 g/mol. The van der Waals surface area contributed by atoms with Gasteiger partial charge >= 0.3 is 6.18 Å². The van der Waals surface area contributed by atoms with E-state index in [-0.39, 0.29) is 10.4 Å². The van der Waals surface area contributed by atoms with Crippen LogP contribution < -0.4 is 0 Å². The summed E-state index contributed by atoms with van der Waals surface area (Å²) in [6.45, 7) is 1.41. The fraction of sp³-hybridized carbons (Fsp3) is 0.217. The van der Waals surface area contributed by atoms with Crippen molar-refractivity contribution < 1.29 is 21.6 Å². The van der Waals surface area contributed by atoms with Crippen molar-refractivity contribution in [3.05, 3.63) is 71.2 Å². The molecule has 9 heteroatoms. The predicted octanol–water partition coefficient (Wildman–Crippen LogP) is 5.83. The summed E-state index contributed by atoms with van der Waals surface area (Å²) in [5.74, 6) is 0. The molecule has 4 nitrogen and oxygen atoms in total. The summed E-state index contributed by atoms with van der Waals surface area (Å²) in [6, 6.07) is 10.4. The molecule has 2 aromatic carbocycles. The van der Waals surface area contributed by atoms with Gasteiger partial charge in [0, 0.05) is 45.7 Å². The fourth-order valence-electron chi connectivity index (χ4n) is 4.11. The molecule has 3 heterocycles. The standard InChI is InChI=1S/C23H19F3N2O2S2/c1-27-10-8-15(9-11-27)19-13-28(20-7-6-16(12-18(19)20)23(24,25)26)32(29,30)22-14-31-21-5-3-2-4-17(21)22/h2-8,12-14H,9-11H2,1H3. The smallest absolute Gasteiger partial charge is 0.302 e. The van der Waals surface area contributed by atoms with Crippen LogP contribution in [0.2, 0.25) is 0 Å². The average Bonchev–Trinajstić information content (AvgIpc) is 3.36. The maximum absolute atomic E-state index is 13.7. The number of hydrogen-bond donors (Lipinski definition) is 0. The Morgan fingerprint density at radius 3 is 2.56 bits per heavy atom. The van der Waals surface area contributed by atoms with E-state index in [1.54, 1.807) is 17.5 Å². The van der Waals surface area contributed by atoms with Crippen molar-refractivity contribution in [2.75, 3.05) is 20.1 Å². The zero-order valence-corrected chi connectivity index (χ0v) is 18.7. The molecule has 0 aliphatic carbocycles. The highest BCUT2D eigenvalue weighted by Crippen LogP contribution is 2.39. The van der Waals surface area contributed by atoms with Crippen molar-refractivity contribution in [1.29, 1.82) is 0 Å². The topological polar surface area (TPSA) is 42.3 Å². The first-order chi connectivity index (χ1) is 15.2. The van der Waals surface area contributed by atoms with Crippen molar-refractivity contribution >= 4 is 47.9 Å². The molecule has 166 valence electrons. The maximum Gasteiger partial charge on any atom is 0.416 e. The van der Waals surface area contributed by atoms with E-state index in [0.717, 1.165) is 32.9 Å². The first-order valence-electron chi connectivity index (χ1n) is 9.98. The summed E-state index contributed by atoms with van der Waals surface area (Å²) in [7, 11) is -2.05. The van der Waals surface area contributed by atoms with Gasteiger partial charge in [-0.2, -0.15) is 13.2 Å². The Bertz CT molecular complexity index is 1480. The predicted molar refractivity (Wildman–Crippen MR) is 121 cm³/mol. The van der Waals surface area contributed by atoms with Crippen LogP contribution in [0.15, 0.2) is 65.0 Å². The van der Waals surface area contributed by atoms with Crippen LogP contribution in [-0.2, 0) is 16.2 Å². The second-order valence-electron chi connectivity index (χ2n) is 7.91. The molecule has 0 spiro atoms. The number of thiophene rings is 1. The molecule has 0 N–H and O–H groups in total. The Labute approximate surface area is 187 Å². The van der Waals surface area contributed by atoms with Gasteiger partial charge in [-0.3, -0.25) is 0 Å². The number of hydrogen-bond acceptors (Lipinski definition) is 4. The summed E-state index contributed by atoms with van der Waals surface area (Å²) in [4.78, 5) is 2.25. The summed E-state index contributed by atoms with van der Waals surface area (Å²) in [5, 5.41) is 2.48. The summed E-state index contributed by atoms with van der Waals surface area (Å²) in [5.41, 5.74) is 0.831. The van der Waals surface area contributed by atoms with E-state index in [9.17, 15) is 21.6 Å². The van der Waals surface area contributed by atoms with Crippen molar-refractivity contribution in [3.8, 4) is 0 Å². The van der Waals surface area contributed by atoms with Gasteiger partial charge in [-0.1, -0.05) is 24.3 Å². The molecule has 32 heavy (non-hydrogen) atoms. The monoisotopic (exact) mass is 476 g/mol. The van der Waals surface area contributed by atoms with Gasteiger partial charge in [0.25, 0.3) is 10.0 Å². The molecule has 1 aliphatic heterocycles. The van der Waals surface area contributed by atoms with E-state index in [1.165, 1.54) is 23.6 Å². The molecule has 0 bridgehead atoms. The lowest BCUT2D eigenvalue weighted by atomic mass is 9.98. The molecule has 0 unspecified atom stereocenters. The normalized spacial score (nSPS) is 16.1. The summed E-state index contributed by atoms with van der Waals surface area (Å²) < 4.78 is 69.6. The molecular weight excluding hydrogens is 457 g/mol. The van der Waals surface area contributed by atoms with Crippen molar-refractivity contribution in [3.63, 3.8) is 0 Å². The van der Waals surface area contributed by atoms with Crippen LogP contribution in [-0.4, -0.2) is 37.4 Å². The molecule has 0 radical (unpaired) electrons. The van der Waals surface area contributed by atoms with Gasteiger partial charge in [0.05, 0.1) is 11.1 Å². The van der Waals surface area contributed by atoms with Crippen LogP contribution in [0.3, 0.4) is 0 Å². The highest BCUT2D eigenvalue weighted by molar-refractivity contribution is 7.90. The number of benzene rings is 2. The Morgan fingerprint density at radius 2 is 1.84 bits per heavy atom. The molecule has 0 saturated carbocycles. The quantitative estimate of drug-likeness (QED) is 0.374. The number of aromatic nitrogens is 1. The van der Waals surface area contributed by atoms with E-state index >= 15 is 0 Å². The van der Waals surface area contributed by atoms with E-state index < -0.39 is 21.8 Å². The number of halogens is 3. The van der Waals surface area contributed by atoms with Crippen LogP contribution >= 0.6 is 11.3 Å². The van der Waals surface area contributed by atoms with Gasteiger partial charge in [-0.15, -0.1) is 11.3 Å². The second-order valence-corrected chi connectivity index (χ2v) is 10.6. The summed E-state index contributed by atoms with van der Waals surface area (Å²) >= 11 is 1.32. The Kier molecular flexibility index (Phi) is 4.96. The maximum atomic E-state index is 13.7. The van der Waals surface area contributed by atoms with E-state index in [2.05, 4.69) is 4.90 Å². The van der Waals surface area contributed by atoms with Crippen molar-refractivity contribution in [1.82, 2.24) is 8.87 Å². The number of nitrogens with zero attached hydrogens (tertiary/aromatic N) is 2. The Balaban J connectivity index is 1.76. The van der Waals surface area contributed by atoms with Crippen molar-refractivity contribution in [2.45, 2.75) is 17.5 Å². The third-order valence-corrected chi connectivity index (χ3v) is 8.66. The lowest BCUT2D eigenvalue weighted by Gasteiger charge is -2.21. The van der Waals surface area contributed by atoms with Crippen molar-refractivity contribution in [2.24, 2.45) is 0 Å². The molecule has 5 rings (SSSR count). The SMILES string of the molecule is CN1CC=C(c2cn(S(=O)(=O)c3csc4ccccc34)c3ccc(C(F)(F)F)cc23)CC1. The van der Waals surface area contributed by atoms with Crippen LogP contribution in [0.25, 0.3) is 26.6 Å².